The summed E-state index contributed by atoms with van der Waals surface area (Å²) < 4.78 is 1.90. The second-order valence-electron chi connectivity index (χ2n) is 6.22. The zero-order valence-corrected chi connectivity index (χ0v) is 16.6. The van der Waals surface area contributed by atoms with Crippen LogP contribution in [0.1, 0.15) is 27.1 Å². The second kappa shape index (κ2) is 7.96. The van der Waals surface area contributed by atoms with Crippen molar-refractivity contribution in [3.8, 4) is 10.6 Å². The number of nitrogens with one attached hydrogen (secondary N) is 1. The maximum absolute atomic E-state index is 13.0. The van der Waals surface area contributed by atoms with Crippen molar-refractivity contribution in [1.82, 2.24) is 19.9 Å². The van der Waals surface area contributed by atoms with Gasteiger partial charge in [0.2, 0.25) is 0 Å². The van der Waals surface area contributed by atoms with Gasteiger partial charge >= 0.3 is 0 Å². The average molecular weight is 409 g/mol. The van der Waals surface area contributed by atoms with Crippen molar-refractivity contribution >= 4 is 28.8 Å². The molecule has 0 aliphatic heterocycles. The van der Waals surface area contributed by atoms with E-state index < -0.39 is 0 Å². The van der Waals surface area contributed by atoms with E-state index in [0.717, 1.165) is 17.0 Å². The zero-order valence-electron chi connectivity index (χ0n) is 15.0. The Morgan fingerprint density at radius 2 is 1.86 bits per heavy atom. The van der Waals surface area contributed by atoms with Gasteiger partial charge in [-0.2, -0.15) is 0 Å². The Morgan fingerprint density at radius 1 is 1.11 bits per heavy atom. The Kier molecular flexibility index (Phi) is 5.23. The number of amides is 1. The lowest BCUT2D eigenvalue weighted by Gasteiger charge is -2.18. The lowest BCUT2D eigenvalue weighted by atomic mass is 10.1. The molecule has 0 aliphatic carbocycles. The standard InChI is InChI=1S/C21H17ClN4OS/c1-26-12-11-23-19(26)18(14-7-3-2-4-8-14)25-20(27)17-13-24-21(28-17)15-9-5-6-10-16(15)22/h2-13,18H,1H3,(H,25,27). The summed E-state index contributed by atoms with van der Waals surface area (Å²) in [5.41, 5.74) is 1.78. The smallest absolute Gasteiger partial charge is 0.263 e. The molecular formula is C21H17ClN4OS. The Hall–Kier alpha value is -2.96. The van der Waals surface area contributed by atoms with Crippen molar-refractivity contribution in [2.75, 3.05) is 0 Å². The molecule has 0 saturated heterocycles. The Balaban J connectivity index is 1.62. The fourth-order valence-electron chi connectivity index (χ4n) is 2.94. The van der Waals surface area contributed by atoms with Crippen LogP contribution in [0.2, 0.25) is 5.02 Å². The molecule has 4 aromatic rings. The van der Waals surface area contributed by atoms with Crippen LogP contribution in [0.4, 0.5) is 0 Å². The van der Waals surface area contributed by atoms with Crippen LogP contribution >= 0.6 is 22.9 Å². The predicted octanol–water partition coefficient (Wildman–Crippen LogP) is 4.72. The molecule has 5 nitrogen and oxygen atoms in total. The molecular weight excluding hydrogens is 392 g/mol. The number of aryl methyl sites for hydroxylation is 1. The highest BCUT2D eigenvalue weighted by Crippen LogP contribution is 2.31. The topological polar surface area (TPSA) is 59.8 Å². The molecule has 0 radical (unpaired) electrons. The molecule has 0 bridgehead atoms. The van der Waals surface area contributed by atoms with Gasteiger partial charge in [-0.25, -0.2) is 9.97 Å². The van der Waals surface area contributed by atoms with E-state index in [2.05, 4.69) is 15.3 Å². The summed E-state index contributed by atoms with van der Waals surface area (Å²) in [6, 6.07) is 16.9. The lowest BCUT2D eigenvalue weighted by molar-refractivity contribution is 0.0945. The first kappa shape index (κ1) is 18.4. The largest absolute Gasteiger partial charge is 0.337 e. The highest BCUT2D eigenvalue weighted by molar-refractivity contribution is 7.17. The summed E-state index contributed by atoms with van der Waals surface area (Å²) in [6.07, 6.45) is 5.17. The van der Waals surface area contributed by atoms with E-state index in [4.69, 9.17) is 11.6 Å². The molecule has 1 amide bonds. The van der Waals surface area contributed by atoms with Crippen LogP contribution < -0.4 is 5.32 Å². The number of aromatic nitrogens is 3. The van der Waals surface area contributed by atoms with Gasteiger partial charge in [-0.1, -0.05) is 60.1 Å². The van der Waals surface area contributed by atoms with Crippen molar-refractivity contribution in [3.63, 3.8) is 0 Å². The molecule has 28 heavy (non-hydrogen) atoms. The molecule has 7 heteroatoms. The Morgan fingerprint density at radius 3 is 2.57 bits per heavy atom. The third kappa shape index (κ3) is 3.69. The molecule has 140 valence electrons. The minimum absolute atomic E-state index is 0.201. The van der Waals surface area contributed by atoms with Crippen LogP contribution in [0.25, 0.3) is 10.6 Å². The van der Waals surface area contributed by atoms with Gasteiger partial charge in [0, 0.05) is 25.0 Å². The van der Waals surface area contributed by atoms with E-state index in [0.29, 0.717) is 14.9 Å². The van der Waals surface area contributed by atoms with Crippen molar-refractivity contribution < 1.29 is 4.79 Å². The molecule has 0 spiro atoms. The predicted molar refractivity (Wildman–Crippen MR) is 112 cm³/mol. The highest BCUT2D eigenvalue weighted by atomic mass is 35.5. The van der Waals surface area contributed by atoms with Gasteiger partial charge in [-0.15, -0.1) is 11.3 Å². The van der Waals surface area contributed by atoms with Crippen LogP contribution in [0.15, 0.2) is 73.2 Å². The monoisotopic (exact) mass is 408 g/mol. The van der Waals surface area contributed by atoms with Gasteiger partial charge in [0.25, 0.3) is 5.91 Å². The molecule has 0 fully saturated rings. The van der Waals surface area contributed by atoms with Gasteiger partial charge in [-0.05, 0) is 11.6 Å². The number of nitrogens with zero attached hydrogens (tertiary/aromatic N) is 3. The highest BCUT2D eigenvalue weighted by Gasteiger charge is 2.22. The van der Waals surface area contributed by atoms with E-state index in [1.54, 1.807) is 12.4 Å². The molecule has 0 saturated carbocycles. The molecule has 2 aromatic heterocycles. The zero-order chi connectivity index (χ0) is 19.5. The van der Waals surface area contributed by atoms with Gasteiger partial charge in [0.05, 0.1) is 11.2 Å². The van der Waals surface area contributed by atoms with Crippen LogP contribution in [0.5, 0.6) is 0 Å². The lowest BCUT2D eigenvalue weighted by Crippen LogP contribution is -2.30. The van der Waals surface area contributed by atoms with Crippen molar-refractivity contribution in [2.45, 2.75) is 6.04 Å². The van der Waals surface area contributed by atoms with Crippen LogP contribution in [0.3, 0.4) is 0 Å². The van der Waals surface area contributed by atoms with E-state index in [9.17, 15) is 4.79 Å². The van der Waals surface area contributed by atoms with E-state index in [1.807, 2.05) is 72.4 Å². The van der Waals surface area contributed by atoms with E-state index >= 15 is 0 Å². The molecule has 1 N–H and O–H groups in total. The number of thiazole rings is 1. The summed E-state index contributed by atoms with van der Waals surface area (Å²) in [4.78, 5) is 22.3. The summed E-state index contributed by atoms with van der Waals surface area (Å²) in [5, 5.41) is 4.41. The third-order valence-electron chi connectivity index (χ3n) is 4.36. The maximum atomic E-state index is 13.0. The number of halogens is 1. The number of carbonyl (C=O) groups is 1. The summed E-state index contributed by atoms with van der Waals surface area (Å²) >= 11 is 7.56. The summed E-state index contributed by atoms with van der Waals surface area (Å²) in [6.45, 7) is 0. The quantitative estimate of drug-likeness (QED) is 0.520. The minimum atomic E-state index is -0.362. The Bertz CT molecular complexity index is 1110. The second-order valence-corrected chi connectivity index (χ2v) is 7.66. The number of rotatable bonds is 5. The molecule has 2 aromatic carbocycles. The first-order chi connectivity index (χ1) is 13.6. The molecule has 4 rings (SSSR count). The first-order valence-corrected chi connectivity index (χ1v) is 9.86. The van der Waals surface area contributed by atoms with Crippen LogP contribution in [-0.4, -0.2) is 20.4 Å². The number of carbonyl (C=O) groups excluding carboxylic acids is 1. The summed E-state index contributed by atoms with van der Waals surface area (Å²) in [5.74, 6) is 0.558. The van der Waals surface area contributed by atoms with Gasteiger partial charge in [0.1, 0.15) is 21.8 Å². The molecule has 1 unspecified atom stereocenters. The Labute approximate surface area is 171 Å². The van der Waals surface area contributed by atoms with Gasteiger partial charge < -0.3 is 9.88 Å². The molecule has 1 atom stereocenters. The average Bonchev–Trinajstić information content (AvgIpc) is 3.36. The van der Waals surface area contributed by atoms with Crippen molar-refractivity contribution in [2.24, 2.45) is 7.05 Å². The van der Waals surface area contributed by atoms with Crippen LogP contribution in [0, 0.1) is 0 Å². The van der Waals surface area contributed by atoms with Gasteiger partial charge in [0.15, 0.2) is 0 Å². The number of hydrogen-bond acceptors (Lipinski definition) is 4. The molecule has 2 heterocycles. The molecule has 0 aliphatic rings. The first-order valence-electron chi connectivity index (χ1n) is 8.67. The third-order valence-corrected chi connectivity index (χ3v) is 5.72. The van der Waals surface area contributed by atoms with Crippen LogP contribution in [-0.2, 0) is 7.05 Å². The summed E-state index contributed by atoms with van der Waals surface area (Å²) in [7, 11) is 1.91. The van der Waals surface area contributed by atoms with Crippen molar-refractivity contribution in [3.05, 3.63) is 94.5 Å². The normalized spacial score (nSPS) is 11.9. The minimum Gasteiger partial charge on any atom is -0.337 e. The number of hydrogen-bond donors (Lipinski definition) is 1. The fraction of sp³-hybridized carbons (Fsp3) is 0.0952. The van der Waals surface area contributed by atoms with Crippen molar-refractivity contribution in [1.29, 1.82) is 0 Å². The van der Waals surface area contributed by atoms with E-state index in [-0.39, 0.29) is 11.9 Å². The van der Waals surface area contributed by atoms with Gasteiger partial charge in [-0.3, -0.25) is 4.79 Å². The SMILES string of the molecule is Cn1ccnc1C(NC(=O)c1cnc(-c2ccccc2Cl)s1)c1ccccc1. The maximum Gasteiger partial charge on any atom is 0.263 e. The fourth-order valence-corrected chi connectivity index (χ4v) is 4.08. The number of benzene rings is 2. The van der Waals surface area contributed by atoms with E-state index in [1.165, 1.54) is 11.3 Å². The number of imidazole rings is 1.